The van der Waals surface area contributed by atoms with Crippen molar-refractivity contribution in [3.05, 3.63) is 29.8 Å². The van der Waals surface area contributed by atoms with Crippen molar-refractivity contribution in [3.63, 3.8) is 0 Å². The van der Waals surface area contributed by atoms with Gasteiger partial charge in [0.1, 0.15) is 30.5 Å². The maximum atomic E-state index is 13.7. The summed E-state index contributed by atoms with van der Waals surface area (Å²) in [7, 11) is 4.52. The van der Waals surface area contributed by atoms with E-state index >= 15 is 0 Å². The summed E-state index contributed by atoms with van der Waals surface area (Å²) in [6, 6.07) is 4.52. The average Bonchev–Trinajstić information content (AvgIpc) is 2.96. The number of hydrogen-bond donors (Lipinski definition) is 3. The predicted molar refractivity (Wildman–Crippen MR) is 158 cm³/mol. The van der Waals surface area contributed by atoms with Crippen LogP contribution >= 0.6 is 0 Å². The van der Waals surface area contributed by atoms with Crippen molar-refractivity contribution in [2.75, 3.05) is 47.5 Å². The highest BCUT2D eigenvalue weighted by Gasteiger charge is 2.32. The Kier molecular flexibility index (Phi) is 14.2. The number of ether oxygens (including phenoxy) is 2. The van der Waals surface area contributed by atoms with Crippen LogP contribution in [0.15, 0.2) is 24.3 Å². The first-order chi connectivity index (χ1) is 20.0. The van der Waals surface area contributed by atoms with Crippen LogP contribution < -0.4 is 20.7 Å². The van der Waals surface area contributed by atoms with Gasteiger partial charge in [0.05, 0.1) is 7.11 Å². The van der Waals surface area contributed by atoms with Gasteiger partial charge in [-0.1, -0.05) is 26.0 Å². The Morgan fingerprint density at radius 3 is 2.26 bits per heavy atom. The number of amides is 5. The van der Waals surface area contributed by atoms with E-state index in [1.165, 1.54) is 19.1 Å². The van der Waals surface area contributed by atoms with Gasteiger partial charge in [0.2, 0.25) is 29.5 Å². The van der Waals surface area contributed by atoms with Crippen LogP contribution in [0.4, 0.5) is 0 Å². The Morgan fingerprint density at radius 1 is 0.976 bits per heavy atom. The van der Waals surface area contributed by atoms with Crippen molar-refractivity contribution in [2.24, 2.45) is 5.92 Å². The number of carbonyl (C=O) groups is 5. The molecule has 3 atom stereocenters. The van der Waals surface area contributed by atoms with Gasteiger partial charge in [-0.25, -0.2) is 0 Å². The van der Waals surface area contributed by atoms with Gasteiger partial charge in [-0.05, 0) is 49.8 Å². The summed E-state index contributed by atoms with van der Waals surface area (Å²) >= 11 is 0. The van der Waals surface area contributed by atoms with Gasteiger partial charge in [0.25, 0.3) is 0 Å². The molecule has 0 spiro atoms. The molecule has 0 radical (unpaired) electrons. The van der Waals surface area contributed by atoms with Crippen LogP contribution in [0, 0.1) is 5.92 Å². The lowest BCUT2D eigenvalue weighted by molar-refractivity contribution is -0.141. The first kappa shape index (κ1) is 34.5. The largest absolute Gasteiger partial charge is 0.497 e. The number of methoxy groups -OCH3 is 2. The van der Waals surface area contributed by atoms with E-state index in [9.17, 15) is 24.0 Å². The number of benzene rings is 1. The topological polar surface area (TPSA) is 146 Å². The molecule has 0 saturated carbocycles. The lowest BCUT2D eigenvalue weighted by Crippen LogP contribution is -2.57. The van der Waals surface area contributed by atoms with Crippen molar-refractivity contribution in [1.29, 1.82) is 0 Å². The molecule has 0 unspecified atom stereocenters. The van der Waals surface area contributed by atoms with E-state index in [0.29, 0.717) is 44.6 Å². The first-order valence-corrected chi connectivity index (χ1v) is 14.5. The van der Waals surface area contributed by atoms with Gasteiger partial charge < -0.3 is 35.2 Å². The quantitative estimate of drug-likeness (QED) is 0.428. The van der Waals surface area contributed by atoms with Crippen molar-refractivity contribution in [1.82, 2.24) is 25.8 Å². The Balaban J connectivity index is 2.35. The van der Waals surface area contributed by atoms with Crippen LogP contribution in [0.5, 0.6) is 5.75 Å². The highest BCUT2D eigenvalue weighted by molar-refractivity contribution is 5.94. The first-order valence-electron chi connectivity index (χ1n) is 14.5. The average molecular weight is 590 g/mol. The van der Waals surface area contributed by atoms with Crippen molar-refractivity contribution < 1.29 is 33.4 Å². The minimum atomic E-state index is -0.975. The molecule has 42 heavy (non-hydrogen) atoms. The molecular formula is C30H47N5O7. The summed E-state index contributed by atoms with van der Waals surface area (Å²) in [6.07, 6.45) is 1.55. The second-order valence-electron chi connectivity index (χ2n) is 11.1. The third-order valence-electron chi connectivity index (χ3n) is 7.24. The van der Waals surface area contributed by atoms with E-state index in [-0.39, 0.29) is 43.1 Å². The molecule has 1 heterocycles. The normalized spacial score (nSPS) is 22.1. The molecule has 0 bridgehead atoms. The third kappa shape index (κ3) is 11.0. The molecule has 0 aromatic heterocycles. The monoisotopic (exact) mass is 589 g/mol. The Bertz CT molecular complexity index is 1060. The second kappa shape index (κ2) is 17.3. The molecule has 5 amide bonds. The number of hydrogen-bond acceptors (Lipinski definition) is 7. The molecule has 1 aromatic carbocycles. The van der Waals surface area contributed by atoms with Crippen molar-refractivity contribution in [3.8, 4) is 5.75 Å². The standard InChI is InChI=1S/C30H47N5O7/c1-20(2)17-24-29(39)33-25(18-22-10-12-23(42-6)13-11-22)30(40)34(4)21(3)28(38)31-14-8-16-35(27(37)19-41-5)15-7-9-26(36)32-24/h10-13,20-21,24-25H,7-9,14-19H2,1-6H3,(H,31,38)(H,32,36)(H,33,39)/t21-,24+,25-/m0/s1. The number of likely N-dealkylation sites (N-methyl/N-ethyl adjacent to an activating group) is 1. The summed E-state index contributed by atoms with van der Waals surface area (Å²) in [5, 5.41) is 8.51. The van der Waals surface area contributed by atoms with E-state index in [0.717, 1.165) is 5.56 Å². The number of rotatable bonds is 7. The fraction of sp³-hybridized carbons (Fsp3) is 0.633. The van der Waals surface area contributed by atoms with Gasteiger partial charge in [0, 0.05) is 46.6 Å². The third-order valence-corrected chi connectivity index (χ3v) is 7.24. The van der Waals surface area contributed by atoms with E-state index in [1.807, 2.05) is 26.0 Å². The van der Waals surface area contributed by atoms with E-state index in [4.69, 9.17) is 9.47 Å². The van der Waals surface area contributed by atoms with Gasteiger partial charge in [0.15, 0.2) is 0 Å². The summed E-state index contributed by atoms with van der Waals surface area (Å²) < 4.78 is 10.2. The molecular weight excluding hydrogens is 542 g/mol. The summed E-state index contributed by atoms with van der Waals surface area (Å²) in [6.45, 7) is 6.42. The zero-order valence-electron chi connectivity index (χ0n) is 25.7. The van der Waals surface area contributed by atoms with E-state index in [1.54, 1.807) is 31.1 Å². The van der Waals surface area contributed by atoms with Crippen LogP contribution in [-0.4, -0.2) is 105 Å². The van der Waals surface area contributed by atoms with Crippen LogP contribution in [0.2, 0.25) is 0 Å². The molecule has 1 saturated heterocycles. The minimum Gasteiger partial charge on any atom is -0.497 e. The zero-order valence-corrected chi connectivity index (χ0v) is 25.7. The van der Waals surface area contributed by atoms with Crippen molar-refractivity contribution >= 4 is 29.5 Å². The predicted octanol–water partition coefficient (Wildman–Crippen LogP) is 0.875. The molecule has 1 aromatic rings. The fourth-order valence-corrected chi connectivity index (χ4v) is 4.69. The maximum Gasteiger partial charge on any atom is 0.248 e. The Morgan fingerprint density at radius 2 is 1.64 bits per heavy atom. The second-order valence-corrected chi connectivity index (χ2v) is 11.1. The van der Waals surface area contributed by atoms with Gasteiger partial charge in [-0.2, -0.15) is 0 Å². The molecule has 1 fully saturated rings. The smallest absolute Gasteiger partial charge is 0.248 e. The Hall–Kier alpha value is -3.67. The molecule has 1 aliphatic heterocycles. The molecule has 234 valence electrons. The van der Waals surface area contributed by atoms with Crippen molar-refractivity contribution in [2.45, 2.75) is 71.0 Å². The van der Waals surface area contributed by atoms with Crippen LogP contribution in [0.25, 0.3) is 0 Å². The minimum absolute atomic E-state index is 0.0863. The van der Waals surface area contributed by atoms with Gasteiger partial charge in [-0.3, -0.25) is 24.0 Å². The highest BCUT2D eigenvalue weighted by Crippen LogP contribution is 2.15. The number of nitrogens with one attached hydrogen (secondary N) is 3. The van der Waals surface area contributed by atoms with Gasteiger partial charge >= 0.3 is 0 Å². The molecule has 1 aliphatic rings. The number of carbonyl (C=O) groups excluding carboxylic acids is 5. The molecule has 12 nitrogen and oxygen atoms in total. The lowest BCUT2D eigenvalue weighted by Gasteiger charge is -2.30. The van der Waals surface area contributed by atoms with Gasteiger partial charge in [-0.15, -0.1) is 0 Å². The molecule has 0 aliphatic carbocycles. The summed E-state index contributed by atoms with van der Waals surface area (Å²) in [5.74, 6) is -1.04. The van der Waals surface area contributed by atoms with Crippen LogP contribution in [0.3, 0.4) is 0 Å². The summed E-state index contributed by atoms with van der Waals surface area (Å²) in [5.41, 5.74) is 0.791. The highest BCUT2D eigenvalue weighted by atomic mass is 16.5. The van der Waals surface area contributed by atoms with Crippen LogP contribution in [-0.2, 0) is 35.1 Å². The molecule has 2 rings (SSSR count). The maximum absolute atomic E-state index is 13.7. The SMILES string of the molecule is COCC(=O)N1CCCNC(=O)[C@H](C)N(C)C(=O)[C@H](Cc2ccc(OC)cc2)NC(=O)[C@@H](CC(C)C)NC(=O)CCC1. The zero-order chi connectivity index (χ0) is 31.2. The lowest BCUT2D eigenvalue weighted by atomic mass is 10.00. The summed E-state index contributed by atoms with van der Waals surface area (Å²) in [4.78, 5) is 68.5. The van der Waals surface area contributed by atoms with Crippen LogP contribution in [0.1, 0.15) is 52.0 Å². The number of nitrogens with zero attached hydrogens (tertiary/aromatic N) is 2. The Labute approximate surface area is 248 Å². The molecule has 12 heteroatoms. The van der Waals surface area contributed by atoms with E-state index in [2.05, 4.69) is 16.0 Å². The van der Waals surface area contributed by atoms with E-state index < -0.39 is 29.9 Å². The molecule has 3 N–H and O–H groups in total. The fourth-order valence-electron chi connectivity index (χ4n) is 4.69.